The van der Waals surface area contributed by atoms with Gasteiger partial charge in [-0.1, -0.05) is 46.3 Å². The molecule has 3 saturated carbocycles. The molecule has 4 rings (SSSR count). The van der Waals surface area contributed by atoms with Crippen molar-refractivity contribution in [3.8, 4) is 0 Å². The first-order chi connectivity index (χ1) is 15.2. The number of carbonyl (C=O) groups excluding carboxylic acids is 3. The maximum Gasteiger partial charge on any atom is 0.306 e. The van der Waals surface area contributed by atoms with Crippen molar-refractivity contribution in [3.05, 3.63) is 23.8 Å². The average molecular weight is 459 g/mol. The van der Waals surface area contributed by atoms with Crippen molar-refractivity contribution < 1.29 is 29.3 Å². The number of aliphatic hydroxyl groups is 2. The summed E-state index contributed by atoms with van der Waals surface area (Å²) >= 11 is 0. The number of hydrogen-bond acceptors (Lipinski definition) is 6. The van der Waals surface area contributed by atoms with Crippen LogP contribution in [0, 0.1) is 34.0 Å². The summed E-state index contributed by atoms with van der Waals surface area (Å²) in [6, 6.07) is 0. The fourth-order valence-corrected chi connectivity index (χ4v) is 7.54. The second kappa shape index (κ2) is 7.88. The Morgan fingerprint density at radius 1 is 1.21 bits per heavy atom. The Hall–Kier alpha value is -1.79. The SMILES string of the molecule is CC(C)(C)CC(=O)OCC(=O)[C@@]1(O)CCC2C3CCC4=CC(=O)C=C[C@]4(C)C3[C@@H](O)C[C@@]21C. The maximum atomic E-state index is 13.2. The molecule has 0 radical (unpaired) electrons. The molecule has 0 bridgehead atoms. The van der Waals surface area contributed by atoms with Gasteiger partial charge in [-0.3, -0.25) is 14.4 Å². The van der Waals surface area contributed by atoms with Crippen molar-refractivity contribution in [1.29, 1.82) is 0 Å². The van der Waals surface area contributed by atoms with Gasteiger partial charge in [-0.15, -0.1) is 0 Å². The van der Waals surface area contributed by atoms with Gasteiger partial charge in [0.05, 0.1) is 12.5 Å². The molecule has 0 aliphatic heterocycles. The van der Waals surface area contributed by atoms with E-state index in [1.54, 1.807) is 12.2 Å². The topological polar surface area (TPSA) is 101 Å². The highest BCUT2D eigenvalue weighted by Gasteiger charge is 2.68. The van der Waals surface area contributed by atoms with Crippen LogP contribution in [0.15, 0.2) is 23.8 Å². The summed E-state index contributed by atoms with van der Waals surface area (Å²) in [5, 5.41) is 23.1. The van der Waals surface area contributed by atoms with E-state index in [9.17, 15) is 24.6 Å². The van der Waals surface area contributed by atoms with Gasteiger partial charge in [-0.25, -0.2) is 0 Å². The average Bonchev–Trinajstić information content (AvgIpc) is 2.96. The van der Waals surface area contributed by atoms with Gasteiger partial charge < -0.3 is 14.9 Å². The molecule has 4 aliphatic carbocycles. The molecule has 0 saturated heterocycles. The number of ketones is 2. The summed E-state index contributed by atoms with van der Waals surface area (Å²) < 4.78 is 5.25. The number of rotatable bonds is 4. The molecule has 2 N–H and O–H groups in total. The quantitative estimate of drug-likeness (QED) is 0.625. The van der Waals surface area contributed by atoms with Crippen LogP contribution in [0.1, 0.15) is 73.1 Å². The smallest absolute Gasteiger partial charge is 0.306 e. The van der Waals surface area contributed by atoms with Gasteiger partial charge >= 0.3 is 5.97 Å². The van der Waals surface area contributed by atoms with Crippen molar-refractivity contribution in [1.82, 2.24) is 0 Å². The molecule has 0 spiro atoms. The summed E-state index contributed by atoms with van der Waals surface area (Å²) in [4.78, 5) is 37.3. The van der Waals surface area contributed by atoms with Gasteiger partial charge in [0.25, 0.3) is 0 Å². The molecule has 0 amide bonds. The fourth-order valence-electron chi connectivity index (χ4n) is 7.54. The third-order valence-electron chi connectivity index (χ3n) is 9.15. The number of allylic oxidation sites excluding steroid dienone is 4. The third-order valence-corrected chi connectivity index (χ3v) is 9.15. The van der Waals surface area contributed by atoms with Crippen molar-refractivity contribution in [3.63, 3.8) is 0 Å². The van der Waals surface area contributed by atoms with E-state index in [-0.39, 0.29) is 40.8 Å². The van der Waals surface area contributed by atoms with Crippen LogP contribution in [-0.2, 0) is 19.1 Å². The number of esters is 1. The van der Waals surface area contributed by atoms with Gasteiger partial charge in [0.15, 0.2) is 12.4 Å². The Bertz CT molecular complexity index is 925. The van der Waals surface area contributed by atoms with Crippen LogP contribution in [0.25, 0.3) is 0 Å². The summed E-state index contributed by atoms with van der Waals surface area (Å²) in [6.07, 6.45) is 7.70. The highest BCUT2D eigenvalue weighted by atomic mass is 16.5. The lowest BCUT2D eigenvalue weighted by molar-refractivity contribution is -0.181. The number of Topliss-reactive ketones (excluding diaryl/α,β-unsaturated/α-hetero) is 1. The zero-order valence-electron chi connectivity index (χ0n) is 20.5. The number of carbonyl (C=O) groups is 3. The Kier molecular flexibility index (Phi) is 5.81. The zero-order chi connectivity index (χ0) is 24.4. The number of hydrogen-bond donors (Lipinski definition) is 2. The van der Waals surface area contributed by atoms with Gasteiger partial charge in [0.2, 0.25) is 5.78 Å². The van der Waals surface area contributed by atoms with E-state index in [0.29, 0.717) is 19.3 Å². The lowest BCUT2D eigenvalue weighted by Gasteiger charge is -2.59. The summed E-state index contributed by atoms with van der Waals surface area (Å²) in [5.41, 5.74) is -1.96. The van der Waals surface area contributed by atoms with E-state index in [0.717, 1.165) is 18.4 Å². The summed E-state index contributed by atoms with van der Waals surface area (Å²) in [7, 11) is 0. The minimum absolute atomic E-state index is 0.00194. The standard InChI is InChI=1S/C27H38O6/c1-24(2,3)14-22(31)33-15-21(30)27(32)11-9-19-18-7-6-16-12-17(28)8-10-25(16,4)23(18)20(29)13-26(19,27)5/h8,10,12,18-20,23,29,32H,6-7,9,11,13-15H2,1-5H3/t18?,19?,20-,23?,25-,26-,27-/m0/s1. The van der Waals surface area contributed by atoms with E-state index in [1.807, 2.05) is 33.8 Å². The van der Waals surface area contributed by atoms with Crippen molar-refractivity contribution in [2.45, 2.75) is 84.8 Å². The Morgan fingerprint density at radius 3 is 2.58 bits per heavy atom. The largest absolute Gasteiger partial charge is 0.458 e. The molecule has 6 nitrogen and oxygen atoms in total. The lowest BCUT2D eigenvalue weighted by Crippen LogP contribution is -2.61. The highest BCUT2D eigenvalue weighted by Crippen LogP contribution is 2.67. The second-order valence-corrected chi connectivity index (χ2v) is 12.4. The molecule has 6 heteroatoms. The third kappa shape index (κ3) is 3.83. The Morgan fingerprint density at radius 2 is 1.91 bits per heavy atom. The molecular weight excluding hydrogens is 420 g/mol. The van der Waals surface area contributed by atoms with E-state index in [1.165, 1.54) is 0 Å². The molecule has 3 fully saturated rings. The predicted molar refractivity (Wildman–Crippen MR) is 123 cm³/mol. The van der Waals surface area contributed by atoms with Gasteiger partial charge in [-0.05, 0) is 61.5 Å². The second-order valence-electron chi connectivity index (χ2n) is 12.4. The van der Waals surface area contributed by atoms with Crippen molar-refractivity contribution >= 4 is 17.5 Å². The minimum atomic E-state index is -1.62. The van der Waals surface area contributed by atoms with Crippen molar-refractivity contribution in [2.24, 2.45) is 34.0 Å². The molecule has 0 aromatic carbocycles. The van der Waals surface area contributed by atoms with Crippen LogP contribution in [0.2, 0.25) is 0 Å². The fraction of sp³-hybridized carbons (Fsp3) is 0.741. The Balaban J connectivity index is 1.55. The van der Waals surface area contributed by atoms with Crippen LogP contribution >= 0.6 is 0 Å². The molecule has 0 heterocycles. The minimum Gasteiger partial charge on any atom is -0.458 e. The highest BCUT2D eigenvalue weighted by molar-refractivity contribution is 6.01. The number of aliphatic hydroxyl groups excluding tert-OH is 1. The number of ether oxygens (including phenoxy) is 1. The summed E-state index contributed by atoms with van der Waals surface area (Å²) in [5.74, 6) is -0.745. The van der Waals surface area contributed by atoms with Gasteiger partial charge in [-0.2, -0.15) is 0 Å². The molecule has 3 unspecified atom stereocenters. The maximum absolute atomic E-state index is 13.2. The van der Waals surface area contributed by atoms with Crippen LogP contribution in [0.4, 0.5) is 0 Å². The normalized spacial score (nSPS) is 42.2. The van der Waals surface area contributed by atoms with E-state index < -0.39 is 35.5 Å². The first-order valence-electron chi connectivity index (χ1n) is 12.2. The van der Waals surface area contributed by atoms with Crippen LogP contribution < -0.4 is 0 Å². The molecule has 7 atom stereocenters. The zero-order valence-corrected chi connectivity index (χ0v) is 20.5. The van der Waals surface area contributed by atoms with E-state index in [4.69, 9.17) is 4.74 Å². The molecular formula is C27H38O6. The number of fused-ring (bicyclic) bond motifs is 5. The molecule has 0 aromatic heterocycles. The molecule has 4 aliphatic rings. The van der Waals surface area contributed by atoms with E-state index >= 15 is 0 Å². The van der Waals surface area contributed by atoms with Gasteiger partial charge in [0.1, 0.15) is 5.60 Å². The van der Waals surface area contributed by atoms with Gasteiger partial charge in [0, 0.05) is 16.7 Å². The van der Waals surface area contributed by atoms with Crippen LogP contribution in [0.5, 0.6) is 0 Å². The summed E-state index contributed by atoms with van der Waals surface area (Å²) in [6.45, 7) is 9.37. The van der Waals surface area contributed by atoms with E-state index in [2.05, 4.69) is 6.92 Å². The Labute approximate surface area is 196 Å². The molecule has 0 aromatic rings. The molecule has 33 heavy (non-hydrogen) atoms. The predicted octanol–water partition coefficient (Wildman–Crippen LogP) is 3.54. The lowest BCUT2D eigenvalue weighted by atomic mass is 9.46. The van der Waals surface area contributed by atoms with Crippen molar-refractivity contribution in [2.75, 3.05) is 6.61 Å². The monoisotopic (exact) mass is 458 g/mol. The van der Waals surface area contributed by atoms with Crippen LogP contribution in [0.3, 0.4) is 0 Å². The first-order valence-corrected chi connectivity index (χ1v) is 12.2. The molecule has 182 valence electrons. The van der Waals surface area contributed by atoms with Crippen LogP contribution in [-0.4, -0.2) is 46.1 Å². The first kappa shape index (κ1) is 24.3.